The highest BCUT2D eigenvalue weighted by atomic mass is 32.2. The van der Waals surface area contributed by atoms with Crippen LogP contribution in [0.5, 0.6) is 0 Å². The van der Waals surface area contributed by atoms with Gasteiger partial charge in [-0.25, -0.2) is 27.1 Å². The smallest absolute Gasteiger partial charge is 0.335 e. The molecule has 0 aromatic heterocycles. The highest BCUT2D eigenvalue weighted by molar-refractivity contribution is 7.89. The van der Waals surface area contributed by atoms with Crippen LogP contribution >= 0.6 is 0 Å². The van der Waals surface area contributed by atoms with Crippen LogP contribution in [0, 0.1) is 12.7 Å². The Morgan fingerprint density at radius 1 is 1.33 bits per heavy atom. The summed E-state index contributed by atoms with van der Waals surface area (Å²) in [6.07, 6.45) is 0. The van der Waals surface area contributed by atoms with E-state index in [4.69, 9.17) is 10.8 Å². The van der Waals surface area contributed by atoms with E-state index in [0.717, 1.165) is 12.1 Å². The van der Waals surface area contributed by atoms with E-state index < -0.39 is 38.3 Å². The molecule has 0 unspecified atom stereocenters. The minimum atomic E-state index is -4.11. The molecule has 0 radical (unpaired) electrons. The highest BCUT2D eigenvalue weighted by Crippen LogP contribution is 2.20. The first-order valence-corrected chi connectivity index (χ1v) is 7.20. The number of halogens is 1. The predicted octanol–water partition coefficient (Wildman–Crippen LogP) is -0.221. The van der Waals surface area contributed by atoms with Crippen LogP contribution in [0.4, 0.5) is 9.18 Å². The van der Waals surface area contributed by atoms with Crippen molar-refractivity contribution in [2.45, 2.75) is 11.8 Å². The number of sulfonamides is 1. The molecule has 8 nitrogen and oxygen atoms in total. The number of rotatable bonds is 6. The van der Waals surface area contributed by atoms with E-state index in [2.05, 4.69) is 10.0 Å². The minimum Gasteiger partial charge on any atom is -0.478 e. The summed E-state index contributed by atoms with van der Waals surface area (Å²) < 4.78 is 39.7. The first kappa shape index (κ1) is 16.9. The van der Waals surface area contributed by atoms with Crippen molar-refractivity contribution in [1.29, 1.82) is 0 Å². The maximum Gasteiger partial charge on any atom is 0.335 e. The van der Waals surface area contributed by atoms with Crippen LogP contribution in [0.1, 0.15) is 15.9 Å². The van der Waals surface area contributed by atoms with Crippen LogP contribution in [-0.2, 0) is 10.0 Å². The van der Waals surface area contributed by atoms with E-state index in [0.29, 0.717) is 0 Å². The third kappa shape index (κ3) is 4.39. The number of hydrogen-bond acceptors (Lipinski definition) is 4. The van der Waals surface area contributed by atoms with Crippen molar-refractivity contribution in [2.24, 2.45) is 5.73 Å². The Kier molecular flexibility index (Phi) is 5.22. The molecule has 21 heavy (non-hydrogen) atoms. The third-order valence-electron chi connectivity index (χ3n) is 2.55. The van der Waals surface area contributed by atoms with E-state index in [9.17, 15) is 22.4 Å². The summed E-state index contributed by atoms with van der Waals surface area (Å²) in [4.78, 5) is 20.8. The Hall–Kier alpha value is -2.20. The van der Waals surface area contributed by atoms with Gasteiger partial charge in [-0.15, -0.1) is 0 Å². The molecule has 5 N–H and O–H groups in total. The van der Waals surface area contributed by atoms with Crippen molar-refractivity contribution in [3.05, 3.63) is 29.1 Å². The van der Waals surface area contributed by atoms with Crippen LogP contribution in [0.3, 0.4) is 0 Å². The Labute approximate surface area is 120 Å². The first-order valence-electron chi connectivity index (χ1n) is 5.71. The number of primary amides is 1. The molecule has 1 rings (SSSR count). The van der Waals surface area contributed by atoms with Crippen LogP contribution < -0.4 is 15.8 Å². The van der Waals surface area contributed by atoms with Gasteiger partial charge in [-0.1, -0.05) is 0 Å². The van der Waals surface area contributed by atoms with E-state index in [1.54, 1.807) is 0 Å². The minimum absolute atomic E-state index is 0.0608. The number of aromatic carboxylic acids is 1. The number of carbonyl (C=O) groups is 2. The molecule has 2 amide bonds. The van der Waals surface area contributed by atoms with Crippen LogP contribution in [0.2, 0.25) is 0 Å². The molecule has 0 aliphatic rings. The van der Waals surface area contributed by atoms with Gasteiger partial charge in [-0.3, -0.25) is 0 Å². The fraction of sp³-hybridized carbons (Fsp3) is 0.273. The standard InChI is InChI=1S/C11H14FN3O5S/c1-6-8(12)4-7(10(16)17)5-9(6)21(19,20)15-3-2-14-11(13)18/h4-5,15H,2-3H2,1H3,(H,16,17)(H3,13,14,18). The van der Waals surface area contributed by atoms with Gasteiger partial charge in [0.1, 0.15) is 5.82 Å². The lowest BCUT2D eigenvalue weighted by Gasteiger charge is -2.11. The van der Waals surface area contributed by atoms with Gasteiger partial charge < -0.3 is 16.2 Å². The number of carboxylic acids is 1. The second-order valence-corrected chi connectivity index (χ2v) is 5.81. The SMILES string of the molecule is Cc1c(F)cc(C(=O)O)cc1S(=O)(=O)NCCNC(N)=O. The summed E-state index contributed by atoms with van der Waals surface area (Å²) in [5.41, 5.74) is 4.13. The summed E-state index contributed by atoms with van der Waals surface area (Å²) in [7, 11) is -4.11. The Morgan fingerprint density at radius 2 is 1.95 bits per heavy atom. The monoisotopic (exact) mass is 319 g/mol. The van der Waals surface area contributed by atoms with Crippen LogP contribution in [-0.4, -0.2) is 38.6 Å². The van der Waals surface area contributed by atoms with Gasteiger partial charge in [0.25, 0.3) is 0 Å². The van der Waals surface area contributed by atoms with Gasteiger partial charge >= 0.3 is 12.0 Å². The predicted molar refractivity (Wildman–Crippen MR) is 70.9 cm³/mol. The molecule has 0 aliphatic heterocycles. The fourth-order valence-corrected chi connectivity index (χ4v) is 2.81. The first-order chi connectivity index (χ1) is 9.65. The average Bonchev–Trinajstić information content (AvgIpc) is 2.37. The number of carboxylic acid groups (broad SMARTS) is 1. The molecule has 0 saturated heterocycles. The number of hydrogen-bond donors (Lipinski definition) is 4. The third-order valence-corrected chi connectivity index (χ3v) is 4.14. The molecule has 0 atom stereocenters. The molecule has 0 aliphatic carbocycles. The molecule has 116 valence electrons. The fourth-order valence-electron chi connectivity index (χ4n) is 1.51. The Balaban J connectivity index is 3.02. The lowest BCUT2D eigenvalue weighted by molar-refractivity contribution is 0.0696. The summed E-state index contributed by atoms with van der Waals surface area (Å²) in [5.74, 6) is -2.38. The molecular weight excluding hydrogens is 305 g/mol. The molecule has 0 fully saturated rings. The Morgan fingerprint density at radius 3 is 2.48 bits per heavy atom. The van der Waals surface area contributed by atoms with E-state index >= 15 is 0 Å². The molecule has 0 spiro atoms. The highest BCUT2D eigenvalue weighted by Gasteiger charge is 2.21. The number of carbonyl (C=O) groups excluding carboxylic acids is 1. The topological polar surface area (TPSA) is 139 Å². The zero-order valence-electron chi connectivity index (χ0n) is 11.0. The summed E-state index contributed by atoms with van der Waals surface area (Å²) >= 11 is 0. The molecule has 0 heterocycles. The number of nitrogens with two attached hydrogens (primary N) is 1. The van der Waals surface area contributed by atoms with Crippen molar-refractivity contribution in [3.63, 3.8) is 0 Å². The Bertz CT molecular complexity index is 675. The molecule has 1 aromatic carbocycles. The number of urea groups is 1. The largest absolute Gasteiger partial charge is 0.478 e. The van der Waals surface area contributed by atoms with E-state index in [-0.39, 0.29) is 18.7 Å². The zero-order chi connectivity index (χ0) is 16.2. The summed E-state index contributed by atoms with van der Waals surface area (Å²) in [6, 6.07) is 0.792. The molecule has 0 bridgehead atoms. The number of amides is 2. The number of nitrogens with one attached hydrogen (secondary N) is 2. The van der Waals surface area contributed by atoms with Crippen molar-refractivity contribution in [2.75, 3.05) is 13.1 Å². The van der Waals surface area contributed by atoms with Crippen LogP contribution in [0.15, 0.2) is 17.0 Å². The van der Waals surface area contributed by atoms with Gasteiger partial charge in [-0.2, -0.15) is 0 Å². The quantitative estimate of drug-likeness (QED) is 0.537. The maximum atomic E-state index is 13.6. The van der Waals surface area contributed by atoms with Crippen molar-refractivity contribution in [1.82, 2.24) is 10.0 Å². The van der Waals surface area contributed by atoms with Gasteiger partial charge in [0.2, 0.25) is 10.0 Å². The normalized spacial score (nSPS) is 11.1. The molecular formula is C11H14FN3O5S. The van der Waals surface area contributed by atoms with Crippen molar-refractivity contribution < 1.29 is 27.5 Å². The average molecular weight is 319 g/mol. The molecule has 1 aromatic rings. The van der Waals surface area contributed by atoms with E-state index in [1.165, 1.54) is 6.92 Å². The molecule has 10 heteroatoms. The van der Waals surface area contributed by atoms with Gasteiger partial charge in [0, 0.05) is 18.7 Å². The molecule has 0 saturated carbocycles. The lowest BCUT2D eigenvalue weighted by atomic mass is 10.1. The summed E-state index contributed by atoms with van der Waals surface area (Å²) in [5, 5.41) is 11.0. The van der Waals surface area contributed by atoms with Crippen molar-refractivity contribution in [3.8, 4) is 0 Å². The van der Waals surface area contributed by atoms with Crippen LogP contribution in [0.25, 0.3) is 0 Å². The van der Waals surface area contributed by atoms with E-state index in [1.807, 2.05) is 0 Å². The number of benzene rings is 1. The van der Waals surface area contributed by atoms with Crippen molar-refractivity contribution >= 4 is 22.0 Å². The van der Waals surface area contributed by atoms with Gasteiger partial charge in [0.15, 0.2) is 0 Å². The van der Waals surface area contributed by atoms with Gasteiger partial charge in [-0.05, 0) is 19.1 Å². The maximum absolute atomic E-state index is 13.6. The summed E-state index contributed by atoms with van der Waals surface area (Å²) in [6.45, 7) is 0.982. The zero-order valence-corrected chi connectivity index (χ0v) is 11.8. The second-order valence-electron chi connectivity index (χ2n) is 4.08. The second kappa shape index (κ2) is 6.50. The van der Waals surface area contributed by atoms with Gasteiger partial charge in [0.05, 0.1) is 10.5 Å². The lowest BCUT2D eigenvalue weighted by Crippen LogP contribution is -2.37.